The van der Waals surface area contributed by atoms with Crippen LogP contribution >= 0.6 is 23.3 Å². The highest BCUT2D eigenvalue weighted by molar-refractivity contribution is 8.00. The van der Waals surface area contributed by atoms with Crippen LogP contribution < -0.4 is 5.32 Å². The number of carbonyl (C=O) groups excluding carboxylic acids is 4. The van der Waals surface area contributed by atoms with Crippen molar-refractivity contribution in [2.75, 3.05) is 19.0 Å². The molecule has 0 spiro atoms. The first-order valence-corrected chi connectivity index (χ1v) is 12.3. The van der Waals surface area contributed by atoms with Crippen molar-refractivity contribution in [3.63, 3.8) is 0 Å². The van der Waals surface area contributed by atoms with Gasteiger partial charge in [-0.2, -0.15) is 4.37 Å². The molecule has 0 unspecified atom stereocenters. The van der Waals surface area contributed by atoms with Gasteiger partial charge in [0.15, 0.2) is 0 Å². The summed E-state index contributed by atoms with van der Waals surface area (Å²) in [4.78, 5) is 70.5. The van der Waals surface area contributed by atoms with Crippen molar-refractivity contribution in [3.8, 4) is 0 Å². The number of hydrogen-bond acceptors (Lipinski definition) is 13. The Kier molecular flexibility index (Phi) is 8.29. The maximum Gasteiger partial charge on any atom is 0.352 e. The number of carboxylic acids is 1. The molecule has 0 radical (unpaired) electrons. The number of ether oxygens (including phenoxy) is 2. The fourth-order valence-corrected chi connectivity index (χ4v) is 4.93. The standard InChI is InChI=1S/C20H23N5O9S2/c1-9(26)32-5-10-7-35-18-13(17(29)25(18)14(10)19(30)31)22-16(28)12(15-21-8-36-24-15)23-33-6-11(27)34-20(2,3)4/h8,13,18H,5-7H2,1-4H3,(H,22,28)(H,30,31)/t13-,18-/m1/s1. The summed E-state index contributed by atoms with van der Waals surface area (Å²) < 4.78 is 13.9. The van der Waals surface area contributed by atoms with E-state index in [1.165, 1.54) is 24.2 Å². The maximum atomic E-state index is 12.9. The molecule has 3 rings (SSSR count). The number of β-lactam (4-membered cyclic amide) rings is 1. The van der Waals surface area contributed by atoms with Crippen LogP contribution in [0.1, 0.15) is 33.5 Å². The third-order valence-electron chi connectivity index (χ3n) is 4.53. The van der Waals surface area contributed by atoms with Crippen LogP contribution in [0.15, 0.2) is 21.9 Å². The summed E-state index contributed by atoms with van der Waals surface area (Å²) in [6, 6.07) is -1.07. The van der Waals surface area contributed by atoms with Gasteiger partial charge in [-0.1, -0.05) is 5.16 Å². The van der Waals surface area contributed by atoms with Crippen molar-refractivity contribution in [2.45, 2.75) is 44.7 Å². The topological polar surface area (TPSA) is 187 Å². The second-order valence-electron chi connectivity index (χ2n) is 8.45. The molecule has 2 amide bonds. The van der Waals surface area contributed by atoms with Crippen molar-refractivity contribution in [1.82, 2.24) is 19.6 Å². The zero-order valence-corrected chi connectivity index (χ0v) is 21.3. The Morgan fingerprint density at radius 1 is 1.31 bits per heavy atom. The number of carbonyl (C=O) groups is 5. The Balaban J connectivity index is 1.72. The second-order valence-corrected chi connectivity index (χ2v) is 10.2. The highest BCUT2D eigenvalue weighted by Crippen LogP contribution is 2.40. The number of nitrogens with one attached hydrogen (secondary N) is 1. The summed E-state index contributed by atoms with van der Waals surface area (Å²) in [6.07, 6.45) is 0. The Morgan fingerprint density at radius 3 is 2.61 bits per heavy atom. The number of aliphatic carboxylic acids is 1. The first kappa shape index (κ1) is 27.1. The molecule has 2 atom stereocenters. The van der Waals surface area contributed by atoms with Gasteiger partial charge in [-0.3, -0.25) is 19.3 Å². The number of amides is 2. The van der Waals surface area contributed by atoms with Crippen molar-refractivity contribution in [3.05, 3.63) is 22.6 Å². The van der Waals surface area contributed by atoms with Crippen LogP contribution in [0.2, 0.25) is 0 Å². The number of rotatable bonds is 9. The summed E-state index contributed by atoms with van der Waals surface area (Å²) >= 11 is 2.15. The predicted molar refractivity (Wildman–Crippen MR) is 125 cm³/mol. The van der Waals surface area contributed by atoms with E-state index in [9.17, 15) is 29.1 Å². The maximum absolute atomic E-state index is 12.9. The van der Waals surface area contributed by atoms with Gasteiger partial charge in [0, 0.05) is 18.2 Å². The van der Waals surface area contributed by atoms with Gasteiger partial charge >= 0.3 is 17.9 Å². The van der Waals surface area contributed by atoms with Crippen LogP contribution in [0.25, 0.3) is 0 Å². The van der Waals surface area contributed by atoms with E-state index in [4.69, 9.17) is 14.3 Å². The molecule has 3 heterocycles. The number of oxime groups is 1. The zero-order valence-electron chi connectivity index (χ0n) is 19.7. The largest absolute Gasteiger partial charge is 0.477 e. The van der Waals surface area contributed by atoms with E-state index < -0.39 is 53.3 Å². The van der Waals surface area contributed by atoms with E-state index in [2.05, 4.69) is 19.8 Å². The molecule has 0 aliphatic carbocycles. The van der Waals surface area contributed by atoms with E-state index in [0.717, 1.165) is 16.4 Å². The van der Waals surface area contributed by atoms with Gasteiger partial charge in [-0.15, -0.1) is 11.8 Å². The number of nitrogens with zero attached hydrogens (tertiary/aromatic N) is 4. The fourth-order valence-electron chi connectivity index (χ4n) is 3.17. The first-order valence-electron chi connectivity index (χ1n) is 10.4. The smallest absolute Gasteiger partial charge is 0.352 e. The summed E-state index contributed by atoms with van der Waals surface area (Å²) in [6.45, 7) is 5.38. The molecule has 1 fully saturated rings. The van der Waals surface area contributed by atoms with Crippen LogP contribution in [0.5, 0.6) is 0 Å². The number of carboxylic acid groups (broad SMARTS) is 1. The van der Waals surface area contributed by atoms with Gasteiger partial charge in [-0.25, -0.2) is 14.6 Å². The van der Waals surface area contributed by atoms with Gasteiger partial charge in [0.05, 0.1) is 0 Å². The fraction of sp³-hybridized carbons (Fsp3) is 0.500. The Labute approximate surface area is 213 Å². The molecular weight excluding hydrogens is 518 g/mol. The van der Waals surface area contributed by atoms with Crippen LogP contribution in [0.3, 0.4) is 0 Å². The third kappa shape index (κ3) is 6.37. The molecule has 2 N–H and O–H groups in total. The van der Waals surface area contributed by atoms with E-state index in [1.54, 1.807) is 20.8 Å². The molecule has 36 heavy (non-hydrogen) atoms. The van der Waals surface area contributed by atoms with Crippen molar-refractivity contribution in [1.29, 1.82) is 0 Å². The minimum Gasteiger partial charge on any atom is -0.477 e. The van der Waals surface area contributed by atoms with E-state index in [-0.39, 0.29) is 35.2 Å². The minimum atomic E-state index is -1.36. The summed E-state index contributed by atoms with van der Waals surface area (Å²) in [5.74, 6) is -4.10. The molecule has 16 heteroatoms. The average Bonchev–Trinajstić information content (AvgIpc) is 3.31. The van der Waals surface area contributed by atoms with Crippen molar-refractivity contribution in [2.24, 2.45) is 5.16 Å². The predicted octanol–water partition coefficient (Wildman–Crippen LogP) is -0.0978. The molecule has 2 aliphatic rings. The number of thioether (sulfide) groups is 1. The third-order valence-corrected chi connectivity index (χ3v) is 6.35. The van der Waals surface area contributed by atoms with Gasteiger partial charge in [-0.05, 0) is 32.3 Å². The quantitative estimate of drug-likeness (QED) is 0.183. The summed E-state index contributed by atoms with van der Waals surface area (Å²) in [7, 11) is 0. The lowest BCUT2D eigenvalue weighted by Crippen LogP contribution is -2.71. The lowest BCUT2D eigenvalue weighted by atomic mass is 10.0. The summed E-state index contributed by atoms with van der Waals surface area (Å²) in [5.41, 5.74) is 0.216. The number of aromatic nitrogens is 2. The van der Waals surface area contributed by atoms with E-state index in [1.807, 2.05) is 0 Å². The van der Waals surface area contributed by atoms with Gasteiger partial charge in [0.1, 0.15) is 34.8 Å². The molecule has 0 aromatic carbocycles. The molecule has 14 nitrogen and oxygen atoms in total. The molecule has 1 aromatic rings. The van der Waals surface area contributed by atoms with Gasteiger partial charge in [0.2, 0.25) is 18.1 Å². The molecule has 2 aliphatic heterocycles. The molecule has 1 saturated heterocycles. The lowest BCUT2D eigenvalue weighted by Gasteiger charge is -2.49. The highest BCUT2D eigenvalue weighted by Gasteiger charge is 2.54. The second kappa shape index (κ2) is 11.0. The number of esters is 2. The molecule has 1 aromatic heterocycles. The van der Waals surface area contributed by atoms with Crippen LogP contribution in [0.4, 0.5) is 0 Å². The lowest BCUT2D eigenvalue weighted by molar-refractivity contribution is -0.160. The van der Waals surface area contributed by atoms with E-state index >= 15 is 0 Å². The van der Waals surface area contributed by atoms with E-state index in [0.29, 0.717) is 0 Å². The average molecular weight is 542 g/mol. The Hall–Kier alpha value is -3.53. The van der Waals surface area contributed by atoms with Gasteiger partial charge in [0.25, 0.3) is 11.8 Å². The molecular formula is C20H23N5O9S2. The monoisotopic (exact) mass is 541 g/mol. The van der Waals surface area contributed by atoms with Crippen LogP contribution in [-0.4, -0.2) is 90.8 Å². The van der Waals surface area contributed by atoms with Gasteiger partial charge < -0.3 is 24.7 Å². The molecule has 0 saturated carbocycles. The highest BCUT2D eigenvalue weighted by atomic mass is 32.2. The van der Waals surface area contributed by atoms with Crippen LogP contribution in [-0.2, 0) is 38.3 Å². The van der Waals surface area contributed by atoms with Crippen LogP contribution in [0, 0.1) is 0 Å². The Morgan fingerprint density at radius 2 is 2.03 bits per heavy atom. The minimum absolute atomic E-state index is 0.0867. The van der Waals surface area contributed by atoms with Crippen molar-refractivity contribution < 1.29 is 43.4 Å². The SMILES string of the molecule is CC(=O)OCC1=C(C(=O)O)N2C(=O)[C@@H](NC(=O)C(=NOCC(=O)OC(C)(C)C)c3ncsn3)[C@H]2SC1. The number of hydrogen-bond donors (Lipinski definition) is 2. The summed E-state index contributed by atoms with van der Waals surface area (Å²) in [5, 5.41) is 15.1. The normalized spacial score (nSPS) is 19.7. The zero-order chi connectivity index (χ0) is 26.6. The van der Waals surface area contributed by atoms with Crippen molar-refractivity contribution >= 4 is 58.7 Å². The Bertz CT molecular complexity index is 1130. The number of fused-ring (bicyclic) bond motifs is 1. The molecule has 0 bridgehead atoms. The molecule has 194 valence electrons. The first-order chi connectivity index (χ1) is 16.9.